The lowest BCUT2D eigenvalue weighted by Crippen LogP contribution is -2.26. The number of ketones is 1. The van der Waals surface area contributed by atoms with Crippen molar-refractivity contribution < 1.29 is 14.0 Å². The zero-order valence-electron chi connectivity index (χ0n) is 12.4. The van der Waals surface area contributed by atoms with Gasteiger partial charge in [0.05, 0.1) is 6.04 Å². The quantitative estimate of drug-likeness (QED) is 0.827. The maximum atomic E-state index is 12.9. The molecule has 0 radical (unpaired) electrons. The normalized spacial score (nSPS) is 11.7. The minimum absolute atomic E-state index is 0.0508. The van der Waals surface area contributed by atoms with Crippen molar-refractivity contribution in [3.8, 4) is 0 Å². The van der Waals surface area contributed by atoms with Gasteiger partial charge in [-0.15, -0.1) is 0 Å². The smallest absolute Gasteiger partial charge is 0.220 e. The van der Waals surface area contributed by atoms with Crippen LogP contribution in [0.3, 0.4) is 0 Å². The number of Topliss-reactive ketones (excluding diaryl/α,β-unsaturated/α-hetero) is 1. The van der Waals surface area contributed by atoms with Crippen molar-refractivity contribution in [2.24, 2.45) is 0 Å². The topological polar surface area (TPSA) is 46.2 Å². The first kappa shape index (κ1) is 15.9. The molecular formula is C18H18FNO2. The second-order valence-corrected chi connectivity index (χ2v) is 5.13. The highest BCUT2D eigenvalue weighted by Crippen LogP contribution is 2.13. The minimum atomic E-state index is -0.310. The van der Waals surface area contributed by atoms with E-state index in [1.165, 1.54) is 12.1 Å². The summed E-state index contributed by atoms with van der Waals surface area (Å²) in [6, 6.07) is 14.7. The monoisotopic (exact) mass is 299 g/mol. The molecule has 114 valence electrons. The summed E-state index contributed by atoms with van der Waals surface area (Å²) in [5.74, 6) is -0.554. The van der Waals surface area contributed by atoms with Crippen LogP contribution in [0.15, 0.2) is 54.6 Å². The molecule has 0 heterocycles. The zero-order chi connectivity index (χ0) is 15.9. The minimum Gasteiger partial charge on any atom is -0.350 e. The molecule has 2 aromatic rings. The lowest BCUT2D eigenvalue weighted by molar-refractivity contribution is -0.121. The lowest BCUT2D eigenvalue weighted by Gasteiger charge is -2.14. The van der Waals surface area contributed by atoms with Gasteiger partial charge in [-0.05, 0) is 24.6 Å². The van der Waals surface area contributed by atoms with Gasteiger partial charge in [-0.25, -0.2) is 4.39 Å². The molecule has 0 aromatic heterocycles. The van der Waals surface area contributed by atoms with E-state index in [1.807, 2.05) is 13.0 Å². The summed E-state index contributed by atoms with van der Waals surface area (Å²) < 4.78 is 12.9. The molecular weight excluding hydrogens is 281 g/mol. The molecule has 1 amide bonds. The molecule has 0 bridgehead atoms. The van der Waals surface area contributed by atoms with Gasteiger partial charge in [-0.2, -0.15) is 0 Å². The van der Waals surface area contributed by atoms with Crippen molar-refractivity contribution in [2.75, 3.05) is 0 Å². The number of nitrogens with one attached hydrogen (secondary N) is 1. The molecule has 1 N–H and O–H groups in total. The largest absolute Gasteiger partial charge is 0.350 e. The van der Waals surface area contributed by atoms with E-state index >= 15 is 0 Å². The average molecular weight is 299 g/mol. The van der Waals surface area contributed by atoms with E-state index in [9.17, 15) is 14.0 Å². The fourth-order valence-electron chi connectivity index (χ4n) is 2.14. The molecule has 0 aliphatic heterocycles. The highest BCUT2D eigenvalue weighted by molar-refractivity contribution is 5.97. The Kier molecular flexibility index (Phi) is 5.42. The van der Waals surface area contributed by atoms with Crippen molar-refractivity contribution >= 4 is 11.7 Å². The summed E-state index contributed by atoms with van der Waals surface area (Å²) in [5.41, 5.74) is 1.44. The highest BCUT2D eigenvalue weighted by atomic mass is 19.1. The summed E-state index contributed by atoms with van der Waals surface area (Å²) in [6.07, 6.45) is 0.311. The first-order valence-corrected chi connectivity index (χ1v) is 7.19. The molecule has 0 spiro atoms. The number of hydrogen-bond donors (Lipinski definition) is 1. The van der Waals surface area contributed by atoms with Gasteiger partial charge in [0.25, 0.3) is 0 Å². The van der Waals surface area contributed by atoms with Gasteiger partial charge in [-0.1, -0.05) is 42.5 Å². The Balaban J connectivity index is 1.83. The van der Waals surface area contributed by atoms with E-state index in [0.29, 0.717) is 5.56 Å². The Hall–Kier alpha value is -2.49. The van der Waals surface area contributed by atoms with Gasteiger partial charge in [0.1, 0.15) is 5.82 Å². The van der Waals surface area contributed by atoms with Crippen LogP contribution in [0.25, 0.3) is 0 Å². The van der Waals surface area contributed by atoms with Gasteiger partial charge >= 0.3 is 0 Å². The van der Waals surface area contributed by atoms with Crippen LogP contribution >= 0.6 is 0 Å². The maximum Gasteiger partial charge on any atom is 0.220 e. The first-order chi connectivity index (χ1) is 10.6. The Morgan fingerprint density at radius 2 is 1.64 bits per heavy atom. The summed E-state index contributed by atoms with van der Waals surface area (Å²) in [5, 5.41) is 2.81. The third kappa shape index (κ3) is 4.52. The number of halogens is 1. The van der Waals surface area contributed by atoms with E-state index in [1.54, 1.807) is 36.4 Å². The SMILES string of the molecule is C[C@H](NC(=O)CCC(=O)c1ccccc1)c1ccc(F)cc1. The van der Waals surface area contributed by atoms with Gasteiger partial charge in [0.2, 0.25) is 5.91 Å². The van der Waals surface area contributed by atoms with Crippen molar-refractivity contribution in [2.45, 2.75) is 25.8 Å². The molecule has 22 heavy (non-hydrogen) atoms. The number of amides is 1. The summed E-state index contributed by atoms with van der Waals surface area (Å²) in [4.78, 5) is 23.8. The average Bonchev–Trinajstić information content (AvgIpc) is 2.54. The van der Waals surface area contributed by atoms with Crippen LogP contribution < -0.4 is 5.32 Å². The molecule has 0 saturated carbocycles. The maximum absolute atomic E-state index is 12.9. The van der Waals surface area contributed by atoms with Gasteiger partial charge in [0, 0.05) is 18.4 Å². The van der Waals surface area contributed by atoms with E-state index in [0.717, 1.165) is 5.56 Å². The van der Waals surface area contributed by atoms with E-state index in [2.05, 4.69) is 5.32 Å². The number of rotatable bonds is 6. The van der Waals surface area contributed by atoms with Crippen molar-refractivity contribution in [3.63, 3.8) is 0 Å². The standard InChI is InChI=1S/C18H18FNO2/c1-13(14-7-9-16(19)10-8-14)20-18(22)12-11-17(21)15-5-3-2-4-6-15/h2-10,13H,11-12H2,1H3,(H,20,22)/t13-/m0/s1. The Bertz CT molecular complexity index is 638. The third-order valence-corrected chi connectivity index (χ3v) is 3.42. The highest BCUT2D eigenvalue weighted by Gasteiger charge is 2.12. The first-order valence-electron chi connectivity index (χ1n) is 7.19. The van der Waals surface area contributed by atoms with E-state index < -0.39 is 0 Å². The second kappa shape index (κ2) is 7.50. The van der Waals surface area contributed by atoms with Crippen LogP contribution in [-0.2, 0) is 4.79 Å². The van der Waals surface area contributed by atoms with Crippen LogP contribution in [0.4, 0.5) is 4.39 Å². The number of carbonyl (C=O) groups excluding carboxylic acids is 2. The fourth-order valence-corrected chi connectivity index (χ4v) is 2.14. The van der Waals surface area contributed by atoms with Crippen molar-refractivity contribution in [3.05, 3.63) is 71.5 Å². The van der Waals surface area contributed by atoms with Gasteiger partial charge in [0.15, 0.2) is 5.78 Å². The van der Waals surface area contributed by atoms with Crippen molar-refractivity contribution in [1.29, 1.82) is 0 Å². The molecule has 0 aliphatic carbocycles. The zero-order valence-corrected chi connectivity index (χ0v) is 12.4. The summed E-state index contributed by atoms with van der Waals surface area (Å²) >= 11 is 0. The summed E-state index contributed by atoms with van der Waals surface area (Å²) in [7, 11) is 0. The van der Waals surface area contributed by atoms with Gasteiger partial charge < -0.3 is 5.32 Å². The van der Waals surface area contributed by atoms with Crippen LogP contribution in [0.1, 0.15) is 41.7 Å². The third-order valence-electron chi connectivity index (χ3n) is 3.42. The lowest BCUT2D eigenvalue weighted by atomic mass is 10.1. The Morgan fingerprint density at radius 1 is 1.00 bits per heavy atom. The second-order valence-electron chi connectivity index (χ2n) is 5.13. The van der Waals surface area contributed by atoms with Crippen LogP contribution in [0.5, 0.6) is 0 Å². The molecule has 2 aromatic carbocycles. The molecule has 4 heteroatoms. The van der Waals surface area contributed by atoms with E-state index in [4.69, 9.17) is 0 Å². The number of hydrogen-bond acceptors (Lipinski definition) is 2. The number of carbonyl (C=O) groups is 2. The Morgan fingerprint density at radius 3 is 2.27 bits per heavy atom. The van der Waals surface area contributed by atoms with Crippen LogP contribution in [-0.4, -0.2) is 11.7 Å². The van der Waals surface area contributed by atoms with Gasteiger partial charge in [-0.3, -0.25) is 9.59 Å². The van der Waals surface area contributed by atoms with Crippen molar-refractivity contribution in [1.82, 2.24) is 5.32 Å². The predicted octanol–water partition coefficient (Wildman–Crippen LogP) is 3.67. The molecule has 0 saturated heterocycles. The van der Waals surface area contributed by atoms with Crippen LogP contribution in [0, 0.1) is 5.82 Å². The Labute approximate surface area is 129 Å². The molecule has 0 fully saturated rings. The molecule has 3 nitrogen and oxygen atoms in total. The molecule has 0 aliphatic rings. The summed E-state index contributed by atoms with van der Waals surface area (Å²) in [6.45, 7) is 1.82. The van der Waals surface area contributed by atoms with E-state index in [-0.39, 0.29) is 36.4 Å². The fraction of sp³-hybridized carbons (Fsp3) is 0.222. The predicted molar refractivity (Wildman–Crippen MR) is 83.0 cm³/mol. The molecule has 1 atom stereocenters. The number of benzene rings is 2. The van der Waals surface area contributed by atoms with Crippen LogP contribution in [0.2, 0.25) is 0 Å². The molecule has 0 unspecified atom stereocenters. The molecule has 2 rings (SSSR count).